The summed E-state index contributed by atoms with van der Waals surface area (Å²) in [6.07, 6.45) is 0. The molecule has 2 aromatic carbocycles. The predicted octanol–water partition coefficient (Wildman–Crippen LogP) is 3.67. The second-order valence-corrected chi connectivity index (χ2v) is 5.59. The van der Waals surface area contributed by atoms with E-state index < -0.39 is 0 Å². The van der Waals surface area contributed by atoms with E-state index in [9.17, 15) is 4.79 Å². The van der Waals surface area contributed by atoms with Crippen LogP contribution in [0.3, 0.4) is 0 Å². The van der Waals surface area contributed by atoms with Crippen LogP contribution in [0.1, 0.15) is 16.1 Å². The van der Waals surface area contributed by atoms with Crippen molar-refractivity contribution in [3.05, 3.63) is 76.9 Å². The number of aryl methyl sites for hydroxylation is 1. The second-order valence-electron chi connectivity index (χ2n) is 5.19. The quantitative estimate of drug-likeness (QED) is 0.795. The minimum Gasteiger partial charge on any atom is -0.347 e. The highest BCUT2D eigenvalue weighted by atomic mass is 35.5. The average Bonchev–Trinajstić information content (AvgIpc) is 2.96. The van der Waals surface area contributed by atoms with Crippen LogP contribution in [0.4, 0.5) is 0 Å². The standard InChI is InChI=1S/C18H16ClN3O/c1-22-17(18(23)20-12-13-7-3-2-4-8-13)11-16(21-22)14-9-5-6-10-15(14)19/h2-11H,12H2,1H3,(H,20,23). The first kappa shape index (κ1) is 15.3. The molecule has 0 aliphatic heterocycles. The number of nitrogens with one attached hydrogen (secondary N) is 1. The Morgan fingerprint density at radius 3 is 2.57 bits per heavy atom. The third-order valence-electron chi connectivity index (χ3n) is 3.56. The van der Waals surface area contributed by atoms with E-state index in [1.807, 2.05) is 48.5 Å². The number of benzene rings is 2. The molecule has 0 spiro atoms. The van der Waals surface area contributed by atoms with Crippen molar-refractivity contribution in [2.75, 3.05) is 0 Å². The summed E-state index contributed by atoms with van der Waals surface area (Å²) >= 11 is 6.19. The number of hydrogen-bond donors (Lipinski definition) is 1. The summed E-state index contributed by atoms with van der Waals surface area (Å²) < 4.78 is 1.57. The van der Waals surface area contributed by atoms with Crippen molar-refractivity contribution >= 4 is 17.5 Å². The highest BCUT2D eigenvalue weighted by Gasteiger charge is 2.15. The Morgan fingerprint density at radius 1 is 1.13 bits per heavy atom. The SMILES string of the molecule is Cn1nc(-c2ccccc2Cl)cc1C(=O)NCc1ccccc1. The number of hydrogen-bond acceptors (Lipinski definition) is 2. The molecule has 3 rings (SSSR count). The molecular weight excluding hydrogens is 310 g/mol. The van der Waals surface area contributed by atoms with E-state index in [1.54, 1.807) is 23.9 Å². The van der Waals surface area contributed by atoms with Crippen molar-refractivity contribution < 1.29 is 4.79 Å². The number of carbonyl (C=O) groups excluding carboxylic acids is 1. The smallest absolute Gasteiger partial charge is 0.269 e. The van der Waals surface area contributed by atoms with Gasteiger partial charge >= 0.3 is 0 Å². The van der Waals surface area contributed by atoms with E-state index in [4.69, 9.17) is 11.6 Å². The summed E-state index contributed by atoms with van der Waals surface area (Å²) in [6.45, 7) is 0.478. The Bertz CT molecular complexity index is 827. The first-order valence-electron chi connectivity index (χ1n) is 7.26. The molecule has 0 saturated heterocycles. The van der Waals surface area contributed by atoms with Crippen LogP contribution in [-0.2, 0) is 13.6 Å². The molecule has 0 unspecified atom stereocenters. The summed E-state index contributed by atoms with van der Waals surface area (Å²) in [5.41, 5.74) is 3.04. The van der Waals surface area contributed by atoms with Crippen molar-refractivity contribution in [1.29, 1.82) is 0 Å². The van der Waals surface area contributed by atoms with Gasteiger partial charge in [-0.2, -0.15) is 5.10 Å². The number of carbonyl (C=O) groups is 1. The van der Waals surface area contributed by atoms with E-state index in [-0.39, 0.29) is 5.91 Å². The minimum atomic E-state index is -0.165. The summed E-state index contributed by atoms with van der Waals surface area (Å²) in [5, 5.41) is 7.90. The molecule has 1 amide bonds. The summed E-state index contributed by atoms with van der Waals surface area (Å²) in [7, 11) is 1.75. The molecule has 5 heteroatoms. The maximum atomic E-state index is 12.4. The normalized spacial score (nSPS) is 10.5. The van der Waals surface area contributed by atoms with E-state index >= 15 is 0 Å². The van der Waals surface area contributed by atoms with Crippen molar-refractivity contribution in [2.45, 2.75) is 6.54 Å². The third-order valence-corrected chi connectivity index (χ3v) is 3.89. The van der Waals surface area contributed by atoms with Gasteiger partial charge in [-0.15, -0.1) is 0 Å². The molecule has 0 aliphatic carbocycles. The van der Waals surface area contributed by atoms with Crippen LogP contribution in [0.25, 0.3) is 11.3 Å². The van der Waals surface area contributed by atoms with E-state index in [0.29, 0.717) is 23.0 Å². The van der Waals surface area contributed by atoms with Gasteiger partial charge in [0.25, 0.3) is 5.91 Å². The Hall–Kier alpha value is -2.59. The van der Waals surface area contributed by atoms with Gasteiger partial charge in [-0.05, 0) is 17.7 Å². The molecule has 23 heavy (non-hydrogen) atoms. The van der Waals surface area contributed by atoms with Crippen LogP contribution in [0.5, 0.6) is 0 Å². The van der Waals surface area contributed by atoms with Gasteiger partial charge in [-0.3, -0.25) is 9.48 Å². The zero-order valence-corrected chi connectivity index (χ0v) is 13.4. The molecule has 4 nitrogen and oxygen atoms in total. The number of amides is 1. The third kappa shape index (κ3) is 3.43. The zero-order valence-electron chi connectivity index (χ0n) is 12.7. The monoisotopic (exact) mass is 325 g/mol. The fourth-order valence-electron chi connectivity index (χ4n) is 2.35. The topological polar surface area (TPSA) is 46.9 Å². The maximum absolute atomic E-state index is 12.4. The van der Waals surface area contributed by atoms with Gasteiger partial charge in [0.05, 0.1) is 10.7 Å². The summed E-state index contributed by atoms with van der Waals surface area (Å²) in [5.74, 6) is -0.165. The number of nitrogens with zero attached hydrogens (tertiary/aromatic N) is 2. The van der Waals surface area contributed by atoms with Gasteiger partial charge in [-0.25, -0.2) is 0 Å². The van der Waals surface area contributed by atoms with Gasteiger partial charge in [0, 0.05) is 19.2 Å². The van der Waals surface area contributed by atoms with Crippen LogP contribution >= 0.6 is 11.6 Å². The number of aromatic nitrogens is 2. The predicted molar refractivity (Wildman–Crippen MR) is 91.3 cm³/mol. The van der Waals surface area contributed by atoms with Crippen molar-refractivity contribution in [3.8, 4) is 11.3 Å². The molecule has 1 N–H and O–H groups in total. The molecule has 0 saturated carbocycles. The van der Waals surface area contributed by atoms with Gasteiger partial charge in [0.1, 0.15) is 5.69 Å². The largest absolute Gasteiger partial charge is 0.347 e. The summed E-state index contributed by atoms with van der Waals surface area (Å²) in [6, 6.07) is 19.0. The fraction of sp³-hybridized carbons (Fsp3) is 0.111. The lowest BCUT2D eigenvalue weighted by Gasteiger charge is -2.05. The number of rotatable bonds is 4. The molecule has 0 aliphatic rings. The van der Waals surface area contributed by atoms with Crippen molar-refractivity contribution in [1.82, 2.24) is 15.1 Å². The van der Waals surface area contributed by atoms with Crippen molar-refractivity contribution in [2.24, 2.45) is 7.05 Å². The van der Waals surface area contributed by atoms with Crippen LogP contribution < -0.4 is 5.32 Å². The van der Waals surface area contributed by atoms with Gasteiger partial charge < -0.3 is 5.32 Å². The molecule has 116 valence electrons. The molecule has 0 atom stereocenters. The van der Waals surface area contributed by atoms with Gasteiger partial charge in [-0.1, -0.05) is 60.1 Å². The highest BCUT2D eigenvalue weighted by Crippen LogP contribution is 2.26. The van der Waals surface area contributed by atoms with E-state index in [2.05, 4.69) is 10.4 Å². The molecule has 0 bridgehead atoms. The Morgan fingerprint density at radius 2 is 1.83 bits per heavy atom. The molecule has 3 aromatic rings. The van der Waals surface area contributed by atoms with Crippen LogP contribution in [0.15, 0.2) is 60.7 Å². The lowest BCUT2D eigenvalue weighted by atomic mass is 10.1. The second kappa shape index (κ2) is 6.67. The van der Waals surface area contributed by atoms with E-state index in [1.165, 1.54) is 0 Å². The van der Waals surface area contributed by atoms with Gasteiger partial charge in [0.2, 0.25) is 0 Å². The zero-order chi connectivity index (χ0) is 16.2. The van der Waals surface area contributed by atoms with Crippen molar-refractivity contribution in [3.63, 3.8) is 0 Å². The minimum absolute atomic E-state index is 0.165. The first-order valence-corrected chi connectivity index (χ1v) is 7.64. The van der Waals surface area contributed by atoms with Crippen LogP contribution in [-0.4, -0.2) is 15.7 Å². The Labute approximate surface area is 139 Å². The fourth-order valence-corrected chi connectivity index (χ4v) is 2.58. The molecule has 0 fully saturated rings. The number of halogens is 1. The Balaban J connectivity index is 1.78. The van der Waals surface area contributed by atoms with E-state index in [0.717, 1.165) is 11.1 Å². The lowest BCUT2D eigenvalue weighted by molar-refractivity contribution is 0.0941. The summed E-state index contributed by atoms with van der Waals surface area (Å²) in [4.78, 5) is 12.4. The van der Waals surface area contributed by atoms with Crippen LogP contribution in [0, 0.1) is 0 Å². The average molecular weight is 326 g/mol. The van der Waals surface area contributed by atoms with Crippen LogP contribution in [0.2, 0.25) is 5.02 Å². The lowest BCUT2D eigenvalue weighted by Crippen LogP contribution is -2.25. The maximum Gasteiger partial charge on any atom is 0.269 e. The molecule has 0 radical (unpaired) electrons. The first-order chi connectivity index (χ1) is 11.1. The molecule has 1 heterocycles. The van der Waals surface area contributed by atoms with Gasteiger partial charge in [0.15, 0.2) is 0 Å². The molecule has 1 aromatic heterocycles. The highest BCUT2D eigenvalue weighted by molar-refractivity contribution is 6.33. The molecular formula is C18H16ClN3O. The Kier molecular flexibility index (Phi) is 4.44.